The molecular formula is C53H104O4. The van der Waals surface area contributed by atoms with E-state index in [-0.39, 0.29) is 12.6 Å². The van der Waals surface area contributed by atoms with Gasteiger partial charge in [-0.3, -0.25) is 4.79 Å². The fourth-order valence-corrected chi connectivity index (χ4v) is 8.15. The van der Waals surface area contributed by atoms with E-state index in [1.165, 1.54) is 257 Å². The van der Waals surface area contributed by atoms with E-state index >= 15 is 0 Å². The van der Waals surface area contributed by atoms with E-state index in [4.69, 9.17) is 9.47 Å². The van der Waals surface area contributed by atoms with Crippen LogP contribution in [0.3, 0.4) is 0 Å². The lowest BCUT2D eigenvalue weighted by Crippen LogP contribution is -2.27. The summed E-state index contributed by atoms with van der Waals surface area (Å²) in [4.78, 5) is 12.3. The van der Waals surface area contributed by atoms with Gasteiger partial charge in [0.05, 0.1) is 13.2 Å². The average molecular weight is 805 g/mol. The maximum absolute atomic E-state index is 12.3. The van der Waals surface area contributed by atoms with E-state index in [1.54, 1.807) is 0 Å². The number of carbonyl (C=O) groups excluding carboxylic acids is 1. The lowest BCUT2D eigenvalue weighted by molar-refractivity contribution is -0.154. The highest BCUT2D eigenvalue weighted by atomic mass is 16.6. The molecule has 1 N–H and O–H groups in total. The van der Waals surface area contributed by atoms with Gasteiger partial charge in [0.25, 0.3) is 0 Å². The molecule has 0 aliphatic heterocycles. The number of unbranched alkanes of at least 4 members (excludes halogenated alkanes) is 40. The van der Waals surface area contributed by atoms with Crippen molar-refractivity contribution in [2.75, 3.05) is 19.8 Å². The van der Waals surface area contributed by atoms with Crippen LogP contribution in [0, 0.1) is 0 Å². The topological polar surface area (TPSA) is 55.8 Å². The summed E-state index contributed by atoms with van der Waals surface area (Å²) < 4.78 is 11.2. The molecule has 0 radical (unpaired) electrons. The zero-order chi connectivity index (χ0) is 41.2. The summed E-state index contributed by atoms with van der Waals surface area (Å²) in [5, 5.41) is 9.65. The molecule has 0 rings (SSSR count). The maximum atomic E-state index is 12.3. The molecule has 0 saturated carbocycles. The fraction of sp³-hybridized carbons (Fsp3) is 0.943. The number of allylic oxidation sites excluding steroid dienone is 2. The van der Waals surface area contributed by atoms with Crippen molar-refractivity contribution in [1.82, 2.24) is 0 Å². The molecule has 0 spiro atoms. The first-order chi connectivity index (χ1) is 28.2. The summed E-state index contributed by atoms with van der Waals surface area (Å²) in [5.74, 6) is -0.192. The van der Waals surface area contributed by atoms with Crippen LogP contribution < -0.4 is 0 Å². The number of aliphatic hydroxyl groups is 1. The maximum Gasteiger partial charge on any atom is 0.306 e. The number of ether oxygens (including phenoxy) is 2. The highest BCUT2D eigenvalue weighted by molar-refractivity contribution is 5.69. The molecule has 0 aromatic carbocycles. The predicted octanol–water partition coefficient (Wildman–Crippen LogP) is 17.7. The molecule has 0 heterocycles. The van der Waals surface area contributed by atoms with Crippen molar-refractivity contribution in [3.63, 3.8) is 0 Å². The zero-order valence-electron chi connectivity index (χ0n) is 39.1. The minimum atomic E-state index is -0.530. The molecule has 1 atom stereocenters. The lowest BCUT2D eigenvalue weighted by Gasteiger charge is -2.16. The molecule has 0 bridgehead atoms. The van der Waals surface area contributed by atoms with Gasteiger partial charge in [0.2, 0.25) is 0 Å². The van der Waals surface area contributed by atoms with E-state index in [9.17, 15) is 9.90 Å². The Balaban J connectivity index is 3.34. The SMILES string of the molecule is CCCCCCCC/C=C\CCCCCCCCCCCCOCC(CO)OC(=O)CCCCCCCCCCCCCCCCCCCCCCCCCCC. The molecule has 0 fully saturated rings. The molecular weight excluding hydrogens is 701 g/mol. The van der Waals surface area contributed by atoms with Crippen molar-refractivity contribution in [1.29, 1.82) is 0 Å². The normalized spacial score (nSPS) is 12.3. The van der Waals surface area contributed by atoms with Crippen molar-refractivity contribution < 1.29 is 19.4 Å². The van der Waals surface area contributed by atoms with Gasteiger partial charge in [-0.1, -0.05) is 264 Å². The number of rotatable bonds is 50. The van der Waals surface area contributed by atoms with E-state index in [0.717, 1.165) is 19.3 Å². The number of carbonyl (C=O) groups is 1. The Labute approximate surface area is 358 Å². The molecule has 0 amide bonds. The smallest absolute Gasteiger partial charge is 0.306 e. The second-order valence-electron chi connectivity index (χ2n) is 18.0. The van der Waals surface area contributed by atoms with Crippen LogP contribution in [0.5, 0.6) is 0 Å². The summed E-state index contributed by atoms with van der Waals surface area (Å²) in [6.45, 7) is 5.40. The number of aliphatic hydroxyl groups excluding tert-OH is 1. The quantitative estimate of drug-likeness (QED) is 0.0378. The Morgan fingerprint density at radius 1 is 0.404 bits per heavy atom. The van der Waals surface area contributed by atoms with Gasteiger partial charge < -0.3 is 14.6 Å². The Hall–Kier alpha value is -0.870. The van der Waals surface area contributed by atoms with Crippen LogP contribution in [0.15, 0.2) is 12.2 Å². The van der Waals surface area contributed by atoms with Crippen molar-refractivity contribution in [3.8, 4) is 0 Å². The molecule has 57 heavy (non-hydrogen) atoms. The minimum absolute atomic E-state index is 0.166. The van der Waals surface area contributed by atoms with Crippen LogP contribution >= 0.6 is 0 Å². The third-order valence-corrected chi connectivity index (χ3v) is 12.1. The summed E-state index contributed by atoms with van der Waals surface area (Å²) >= 11 is 0. The van der Waals surface area contributed by atoms with E-state index in [1.807, 2.05) is 0 Å². The number of esters is 1. The third kappa shape index (κ3) is 49.4. The largest absolute Gasteiger partial charge is 0.457 e. The highest BCUT2D eigenvalue weighted by Gasteiger charge is 2.13. The Kier molecular flexibility index (Phi) is 50.5. The lowest BCUT2D eigenvalue weighted by atomic mass is 10.0. The van der Waals surface area contributed by atoms with Crippen LogP contribution in [0.25, 0.3) is 0 Å². The van der Waals surface area contributed by atoms with Gasteiger partial charge in [-0.15, -0.1) is 0 Å². The molecule has 4 nitrogen and oxygen atoms in total. The third-order valence-electron chi connectivity index (χ3n) is 12.1. The molecule has 1 unspecified atom stereocenters. The first kappa shape index (κ1) is 56.1. The molecule has 0 aliphatic carbocycles. The number of hydrogen-bond acceptors (Lipinski definition) is 4. The van der Waals surface area contributed by atoms with Gasteiger partial charge in [0.1, 0.15) is 6.10 Å². The van der Waals surface area contributed by atoms with Gasteiger partial charge >= 0.3 is 5.97 Å². The summed E-state index contributed by atoms with van der Waals surface area (Å²) in [6, 6.07) is 0. The molecule has 0 aromatic rings. The Morgan fingerprint density at radius 3 is 1.00 bits per heavy atom. The van der Waals surface area contributed by atoms with Gasteiger partial charge in [0, 0.05) is 13.0 Å². The second-order valence-corrected chi connectivity index (χ2v) is 18.0. The molecule has 0 aromatic heterocycles. The first-order valence-electron chi connectivity index (χ1n) is 26.3. The van der Waals surface area contributed by atoms with Crippen LogP contribution in [0.1, 0.15) is 296 Å². The Bertz CT molecular complexity index is 766. The van der Waals surface area contributed by atoms with Crippen molar-refractivity contribution in [3.05, 3.63) is 12.2 Å². The van der Waals surface area contributed by atoms with Crippen LogP contribution in [-0.2, 0) is 14.3 Å². The molecule has 4 heteroatoms. The van der Waals surface area contributed by atoms with Gasteiger partial charge in [0.15, 0.2) is 0 Å². The monoisotopic (exact) mass is 805 g/mol. The van der Waals surface area contributed by atoms with Gasteiger partial charge in [-0.2, -0.15) is 0 Å². The average Bonchev–Trinajstić information content (AvgIpc) is 3.22. The van der Waals surface area contributed by atoms with Crippen molar-refractivity contribution in [2.24, 2.45) is 0 Å². The number of hydrogen-bond donors (Lipinski definition) is 1. The van der Waals surface area contributed by atoms with Crippen molar-refractivity contribution >= 4 is 5.97 Å². The van der Waals surface area contributed by atoms with Crippen LogP contribution in [0.4, 0.5) is 0 Å². The van der Waals surface area contributed by atoms with Crippen molar-refractivity contribution in [2.45, 2.75) is 302 Å². The van der Waals surface area contributed by atoms with Crippen LogP contribution in [0.2, 0.25) is 0 Å². The summed E-state index contributed by atoms with van der Waals surface area (Å²) in [5.41, 5.74) is 0. The highest BCUT2D eigenvalue weighted by Crippen LogP contribution is 2.17. The summed E-state index contributed by atoms with van der Waals surface area (Å²) in [7, 11) is 0. The molecule has 0 saturated heterocycles. The minimum Gasteiger partial charge on any atom is -0.457 e. The van der Waals surface area contributed by atoms with E-state index < -0.39 is 6.10 Å². The molecule has 340 valence electrons. The second kappa shape index (κ2) is 51.3. The van der Waals surface area contributed by atoms with E-state index in [2.05, 4.69) is 26.0 Å². The standard InChI is InChI=1S/C53H104O4/c1-3-5-7-9-11-13-15-17-19-21-23-25-26-27-28-29-30-32-34-36-38-40-42-44-46-48-53(55)57-52(50-54)51-56-49-47-45-43-41-39-37-35-33-31-24-22-20-18-16-14-12-10-8-6-4-2/h18,20,52,54H,3-17,19,21-51H2,1-2H3/b20-18-. The summed E-state index contributed by atoms with van der Waals surface area (Å²) in [6.07, 6.45) is 63.1. The van der Waals surface area contributed by atoms with Gasteiger partial charge in [-0.25, -0.2) is 0 Å². The fourth-order valence-electron chi connectivity index (χ4n) is 8.15. The molecule has 0 aliphatic rings. The predicted molar refractivity (Wildman–Crippen MR) is 251 cm³/mol. The van der Waals surface area contributed by atoms with Gasteiger partial charge in [-0.05, 0) is 38.5 Å². The van der Waals surface area contributed by atoms with Crippen LogP contribution in [-0.4, -0.2) is 37.0 Å². The van der Waals surface area contributed by atoms with E-state index in [0.29, 0.717) is 19.6 Å². The Morgan fingerprint density at radius 2 is 0.684 bits per heavy atom. The first-order valence-corrected chi connectivity index (χ1v) is 26.3. The zero-order valence-corrected chi connectivity index (χ0v) is 39.1.